The predicted molar refractivity (Wildman–Crippen MR) is 63.4 cm³/mol. The number of aryl methyl sites for hydroxylation is 3. The summed E-state index contributed by atoms with van der Waals surface area (Å²) in [6.45, 7) is 4.45. The van der Waals surface area contributed by atoms with Crippen molar-refractivity contribution >= 4 is 11.8 Å². The van der Waals surface area contributed by atoms with Gasteiger partial charge in [-0.2, -0.15) is 5.10 Å². The van der Waals surface area contributed by atoms with Crippen LogP contribution >= 0.6 is 11.8 Å². The van der Waals surface area contributed by atoms with Gasteiger partial charge in [0.25, 0.3) is 0 Å². The molecule has 5 heteroatoms. The lowest BCUT2D eigenvalue weighted by molar-refractivity contribution is 0.526. The molecule has 2 rings (SSSR count). The second kappa shape index (κ2) is 4.35. The highest BCUT2D eigenvalue weighted by atomic mass is 32.2. The standard InChI is InChI=1S/C11H15N3OS/c1-7-9(6-12)11(14(3)13-7)16-10-4-5-15-8(10)2/h4-5H,6,12H2,1-3H3. The van der Waals surface area contributed by atoms with E-state index in [1.165, 1.54) is 0 Å². The van der Waals surface area contributed by atoms with Gasteiger partial charge in [0.05, 0.1) is 16.9 Å². The van der Waals surface area contributed by atoms with Crippen LogP contribution in [-0.2, 0) is 13.6 Å². The monoisotopic (exact) mass is 237 g/mol. The summed E-state index contributed by atoms with van der Waals surface area (Å²) in [7, 11) is 1.93. The summed E-state index contributed by atoms with van der Waals surface area (Å²) in [5.41, 5.74) is 7.84. The number of nitrogens with zero attached hydrogens (tertiary/aromatic N) is 2. The minimum absolute atomic E-state index is 0.513. The Bertz CT molecular complexity index is 501. The Labute approximate surface area is 98.8 Å². The smallest absolute Gasteiger partial charge is 0.114 e. The van der Waals surface area contributed by atoms with Crippen LogP contribution in [0, 0.1) is 13.8 Å². The molecule has 2 heterocycles. The average Bonchev–Trinajstić information content (AvgIpc) is 2.74. The van der Waals surface area contributed by atoms with Crippen LogP contribution in [0.3, 0.4) is 0 Å². The molecular weight excluding hydrogens is 222 g/mol. The lowest BCUT2D eigenvalue weighted by Crippen LogP contribution is -1.99. The first-order chi connectivity index (χ1) is 7.63. The third-order valence-corrected chi connectivity index (χ3v) is 3.86. The first-order valence-corrected chi connectivity index (χ1v) is 5.89. The molecule has 2 aromatic heterocycles. The summed E-state index contributed by atoms with van der Waals surface area (Å²) in [6, 6.07) is 1.96. The Morgan fingerprint density at radius 3 is 2.81 bits per heavy atom. The minimum atomic E-state index is 0.513. The van der Waals surface area contributed by atoms with Gasteiger partial charge in [0.1, 0.15) is 10.8 Å². The van der Waals surface area contributed by atoms with Gasteiger partial charge in [-0.25, -0.2) is 0 Å². The Balaban J connectivity index is 2.38. The molecule has 0 radical (unpaired) electrons. The largest absolute Gasteiger partial charge is 0.468 e. The van der Waals surface area contributed by atoms with Gasteiger partial charge in [-0.3, -0.25) is 4.68 Å². The Morgan fingerprint density at radius 2 is 2.25 bits per heavy atom. The van der Waals surface area contributed by atoms with Crippen LogP contribution in [0.1, 0.15) is 17.0 Å². The summed E-state index contributed by atoms with van der Waals surface area (Å²) in [4.78, 5) is 1.11. The van der Waals surface area contributed by atoms with Gasteiger partial charge in [0.2, 0.25) is 0 Å². The Morgan fingerprint density at radius 1 is 1.50 bits per heavy atom. The van der Waals surface area contributed by atoms with Crippen LogP contribution in [0.2, 0.25) is 0 Å². The molecule has 0 saturated heterocycles. The molecule has 2 N–H and O–H groups in total. The molecular formula is C11H15N3OS. The molecule has 0 fully saturated rings. The zero-order valence-electron chi connectivity index (χ0n) is 9.65. The van der Waals surface area contributed by atoms with Crippen LogP contribution in [0.15, 0.2) is 26.7 Å². The van der Waals surface area contributed by atoms with E-state index < -0.39 is 0 Å². The van der Waals surface area contributed by atoms with Gasteiger partial charge in [0.15, 0.2) is 0 Å². The molecule has 16 heavy (non-hydrogen) atoms. The SMILES string of the molecule is Cc1nn(C)c(Sc2ccoc2C)c1CN. The fourth-order valence-corrected chi connectivity index (χ4v) is 2.68. The van der Waals surface area contributed by atoms with Gasteiger partial charge in [0, 0.05) is 19.2 Å². The van der Waals surface area contributed by atoms with E-state index in [4.69, 9.17) is 10.2 Å². The number of furan rings is 1. The quantitative estimate of drug-likeness (QED) is 0.889. The second-order valence-corrected chi connectivity index (χ2v) is 4.67. The third kappa shape index (κ3) is 1.88. The van der Waals surface area contributed by atoms with Crippen molar-refractivity contribution < 1.29 is 4.42 Å². The zero-order chi connectivity index (χ0) is 11.7. The lowest BCUT2D eigenvalue weighted by atomic mass is 10.3. The maximum Gasteiger partial charge on any atom is 0.114 e. The van der Waals surface area contributed by atoms with Crippen LogP contribution in [0.25, 0.3) is 0 Å². The average molecular weight is 237 g/mol. The summed E-state index contributed by atoms with van der Waals surface area (Å²) < 4.78 is 7.14. The van der Waals surface area contributed by atoms with E-state index in [2.05, 4.69) is 5.10 Å². The number of hydrogen-bond acceptors (Lipinski definition) is 4. The highest BCUT2D eigenvalue weighted by Crippen LogP contribution is 2.33. The molecule has 2 aromatic rings. The van der Waals surface area contributed by atoms with Gasteiger partial charge in [-0.15, -0.1) is 0 Å². The first-order valence-electron chi connectivity index (χ1n) is 5.08. The van der Waals surface area contributed by atoms with E-state index in [0.717, 1.165) is 26.9 Å². The van der Waals surface area contributed by atoms with Gasteiger partial charge in [-0.1, -0.05) is 11.8 Å². The molecule has 0 aliphatic carbocycles. The van der Waals surface area contributed by atoms with Crippen molar-refractivity contribution in [2.24, 2.45) is 12.8 Å². The number of hydrogen-bond donors (Lipinski definition) is 1. The van der Waals surface area contributed by atoms with Crippen molar-refractivity contribution in [1.82, 2.24) is 9.78 Å². The molecule has 0 amide bonds. The summed E-state index contributed by atoms with van der Waals surface area (Å²) >= 11 is 1.65. The summed E-state index contributed by atoms with van der Waals surface area (Å²) in [5, 5.41) is 5.46. The van der Waals surface area contributed by atoms with Crippen molar-refractivity contribution in [2.45, 2.75) is 30.3 Å². The Kier molecular flexibility index (Phi) is 3.07. The number of rotatable bonds is 3. The van der Waals surface area contributed by atoms with E-state index in [-0.39, 0.29) is 0 Å². The van der Waals surface area contributed by atoms with Crippen LogP contribution in [-0.4, -0.2) is 9.78 Å². The maximum atomic E-state index is 5.74. The van der Waals surface area contributed by atoms with E-state index in [0.29, 0.717) is 6.54 Å². The van der Waals surface area contributed by atoms with Crippen molar-refractivity contribution in [3.8, 4) is 0 Å². The van der Waals surface area contributed by atoms with E-state index >= 15 is 0 Å². The van der Waals surface area contributed by atoms with Gasteiger partial charge >= 0.3 is 0 Å². The number of aromatic nitrogens is 2. The zero-order valence-corrected chi connectivity index (χ0v) is 10.5. The van der Waals surface area contributed by atoms with Crippen molar-refractivity contribution in [2.75, 3.05) is 0 Å². The van der Waals surface area contributed by atoms with Crippen molar-refractivity contribution in [1.29, 1.82) is 0 Å². The second-order valence-electron chi connectivity index (χ2n) is 3.64. The Hall–Kier alpha value is -1.20. The number of nitrogens with two attached hydrogens (primary N) is 1. The van der Waals surface area contributed by atoms with Gasteiger partial charge in [-0.05, 0) is 19.9 Å². The van der Waals surface area contributed by atoms with Crippen LogP contribution in [0.4, 0.5) is 0 Å². The lowest BCUT2D eigenvalue weighted by Gasteiger charge is -2.03. The topological polar surface area (TPSA) is 57.0 Å². The minimum Gasteiger partial charge on any atom is -0.468 e. The van der Waals surface area contributed by atoms with Crippen LogP contribution < -0.4 is 5.73 Å². The molecule has 86 valence electrons. The maximum absolute atomic E-state index is 5.74. The normalized spacial score (nSPS) is 11.0. The molecule has 4 nitrogen and oxygen atoms in total. The third-order valence-electron chi connectivity index (χ3n) is 2.51. The van der Waals surface area contributed by atoms with Crippen LogP contribution in [0.5, 0.6) is 0 Å². The molecule has 0 spiro atoms. The highest BCUT2D eigenvalue weighted by Gasteiger charge is 2.14. The predicted octanol–water partition coefficient (Wildman–Crippen LogP) is 2.24. The van der Waals surface area contributed by atoms with E-state index in [1.807, 2.05) is 31.6 Å². The molecule has 0 aromatic carbocycles. The van der Waals surface area contributed by atoms with Crippen molar-refractivity contribution in [3.05, 3.63) is 29.3 Å². The summed E-state index contributed by atoms with van der Waals surface area (Å²) in [6.07, 6.45) is 1.70. The highest BCUT2D eigenvalue weighted by molar-refractivity contribution is 7.99. The molecule has 0 aliphatic rings. The van der Waals surface area contributed by atoms with E-state index in [9.17, 15) is 0 Å². The molecule has 0 aliphatic heterocycles. The fourth-order valence-electron chi connectivity index (χ4n) is 1.63. The fraction of sp³-hybridized carbons (Fsp3) is 0.364. The van der Waals surface area contributed by atoms with E-state index in [1.54, 1.807) is 18.0 Å². The molecule has 0 bridgehead atoms. The molecule has 0 atom stereocenters. The summed E-state index contributed by atoms with van der Waals surface area (Å²) in [5.74, 6) is 0.923. The molecule has 0 saturated carbocycles. The molecule has 0 unspecified atom stereocenters. The van der Waals surface area contributed by atoms with Crippen molar-refractivity contribution in [3.63, 3.8) is 0 Å². The van der Waals surface area contributed by atoms with Gasteiger partial charge < -0.3 is 10.2 Å². The first kappa shape index (κ1) is 11.3.